The van der Waals surface area contributed by atoms with E-state index in [2.05, 4.69) is 0 Å². The lowest BCUT2D eigenvalue weighted by Gasteiger charge is -2.09. The molecule has 22 heavy (non-hydrogen) atoms. The second-order valence-electron chi connectivity index (χ2n) is 5.02. The maximum absolute atomic E-state index is 11.5. The summed E-state index contributed by atoms with van der Waals surface area (Å²) in [6.45, 7) is 1.95. The summed E-state index contributed by atoms with van der Waals surface area (Å²) < 4.78 is 0. The van der Waals surface area contributed by atoms with E-state index in [1.165, 1.54) is 18.2 Å². The number of benzene rings is 2. The molecule has 0 atom stereocenters. The number of carbonyl (C=O) groups is 1. The highest BCUT2D eigenvalue weighted by Gasteiger charge is 2.12. The van der Waals surface area contributed by atoms with E-state index in [9.17, 15) is 20.1 Å². The molecule has 0 bridgehead atoms. The monoisotopic (exact) mass is 298 g/mol. The van der Waals surface area contributed by atoms with Gasteiger partial charge in [0.2, 0.25) is 0 Å². The van der Waals surface area contributed by atoms with Crippen molar-refractivity contribution in [2.45, 2.75) is 19.8 Å². The number of carboxylic acid groups (broad SMARTS) is 1. The zero-order valence-electron chi connectivity index (χ0n) is 12.3. The average Bonchev–Trinajstić information content (AvgIpc) is 2.49. The fourth-order valence-electron chi connectivity index (χ4n) is 2.31. The first-order valence-electron chi connectivity index (χ1n) is 7.08. The van der Waals surface area contributed by atoms with Crippen molar-refractivity contribution >= 4 is 17.6 Å². The van der Waals surface area contributed by atoms with E-state index < -0.39 is 5.97 Å². The molecule has 0 aliphatic carbocycles. The quantitative estimate of drug-likeness (QED) is 0.581. The summed E-state index contributed by atoms with van der Waals surface area (Å²) in [5.74, 6) is -1.11. The van der Waals surface area contributed by atoms with Crippen LogP contribution in [0.5, 0.6) is 11.5 Å². The van der Waals surface area contributed by atoms with Crippen LogP contribution in [0.2, 0.25) is 0 Å². The molecule has 0 unspecified atom stereocenters. The number of hydrogen-bond donors (Lipinski definition) is 3. The van der Waals surface area contributed by atoms with E-state index in [1.54, 1.807) is 30.3 Å². The van der Waals surface area contributed by atoms with E-state index in [1.807, 2.05) is 6.92 Å². The molecule has 0 amide bonds. The van der Waals surface area contributed by atoms with Gasteiger partial charge < -0.3 is 15.3 Å². The van der Waals surface area contributed by atoms with E-state index in [0.29, 0.717) is 23.1 Å². The maximum Gasteiger partial charge on any atom is 0.336 e. The minimum atomic E-state index is -1.07. The number of aromatic hydroxyl groups is 2. The smallest absolute Gasteiger partial charge is 0.336 e. The molecule has 0 spiro atoms. The van der Waals surface area contributed by atoms with Gasteiger partial charge in [-0.1, -0.05) is 43.7 Å². The molecule has 4 heteroatoms. The molecule has 0 aliphatic rings. The van der Waals surface area contributed by atoms with E-state index in [0.717, 1.165) is 6.42 Å². The normalized spacial score (nSPS) is 11.4. The van der Waals surface area contributed by atoms with Crippen LogP contribution in [0.4, 0.5) is 0 Å². The molecular formula is C18H18O4. The summed E-state index contributed by atoms with van der Waals surface area (Å²) in [6.07, 6.45) is 2.79. The molecule has 0 fully saturated rings. The third-order valence-electron chi connectivity index (χ3n) is 3.35. The van der Waals surface area contributed by atoms with Crippen LogP contribution in [-0.2, 0) is 11.2 Å². The second kappa shape index (κ2) is 6.80. The highest BCUT2D eigenvalue weighted by Crippen LogP contribution is 2.31. The van der Waals surface area contributed by atoms with Crippen molar-refractivity contribution in [2.75, 3.05) is 0 Å². The fraction of sp³-hybridized carbons (Fsp3) is 0.167. The summed E-state index contributed by atoms with van der Waals surface area (Å²) in [6, 6.07) is 11.7. The molecule has 2 aromatic rings. The number of carboxylic acids is 1. The first-order chi connectivity index (χ1) is 10.5. The van der Waals surface area contributed by atoms with Crippen molar-refractivity contribution in [3.63, 3.8) is 0 Å². The van der Waals surface area contributed by atoms with Gasteiger partial charge >= 0.3 is 5.97 Å². The first-order valence-corrected chi connectivity index (χ1v) is 7.08. The zero-order chi connectivity index (χ0) is 16.1. The predicted molar refractivity (Wildman–Crippen MR) is 85.7 cm³/mol. The highest BCUT2D eigenvalue weighted by molar-refractivity contribution is 6.20. The van der Waals surface area contributed by atoms with Gasteiger partial charge in [-0.05, 0) is 35.8 Å². The van der Waals surface area contributed by atoms with Crippen LogP contribution in [0.25, 0.3) is 11.6 Å². The third-order valence-corrected chi connectivity index (χ3v) is 3.35. The molecule has 3 N–H and O–H groups in total. The summed E-state index contributed by atoms with van der Waals surface area (Å²) >= 11 is 0. The molecule has 0 saturated carbocycles. The van der Waals surface area contributed by atoms with Crippen molar-refractivity contribution in [3.05, 3.63) is 59.2 Å². The Morgan fingerprint density at radius 1 is 1.09 bits per heavy atom. The Morgan fingerprint density at radius 2 is 1.68 bits per heavy atom. The Balaban J connectivity index is 2.48. The zero-order valence-corrected chi connectivity index (χ0v) is 12.3. The van der Waals surface area contributed by atoms with Crippen LogP contribution in [0.3, 0.4) is 0 Å². The van der Waals surface area contributed by atoms with Gasteiger partial charge in [-0.2, -0.15) is 0 Å². The van der Waals surface area contributed by atoms with E-state index in [-0.39, 0.29) is 17.1 Å². The van der Waals surface area contributed by atoms with Gasteiger partial charge in [-0.25, -0.2) is 4.79 Å². The second-order valence-corrected chi connectivity index (χ2v) is 5.02. The Hall–Kier alpha value is -2.75. The van der Waals surface area contributed by atoms with Crippen molar-refractivity contribution in [3.8, 4) is 11.5 Å². The van der Waals surface area contributed by atoms with Crippen LogP contribution in [0, 0.1) is 0 Å². The Morgan fingerprint density at radius 3 is 2.18 bits per heavy atom. The standard InChI is InChI=1S/C18H18O4/c1-2-6-14-16(19)10-12(11-17(14)20)9-15(18(21)22)13-7-4-3-5-8-13/h3-5,7-11,19-20H,2,6H2,1H3,(H,21,22). The highest BCUT2D eigenvalue weighted by atomic mass is 16.4. The van der Waals surface area contributed by atoms with E-state index in [4.69, 9.17) is 0 Å². The Kier molecular flexibility index (Phi) is 4.84. The van der Waals surface area contributed by atoms with Crippen LogP contribution in [0.15, 0.2) is 42.5 Å². The number of aliphatic carboxylic acids is 1. The van der Waals surface area contributed by atoms with Crippen LogP contribution in [0.1, 0.15) is 30.0 Å². The molecule has 0 radical (unpaired) electrons. The maximum atomic E-state index is 11.5. The molecule has 0 heterocycles. The van der Waals surface area contributed by atoms with Gasteiger partial charge in [0.25, 0.3) is 0 Å². The third kappa shape index (κ3) is 3.47. The van der Waals surface area contributed by atoms with Crippen molar-refractivity contribution in [1.29, 1.82) is 0 Å². The van der Waals surface area contributed by atoms with Gasteiger partial charge in [0.15, 0.2) is 0 Å². The number of phenols is 2. The molecule has 114 valence electrons. The lowest BCUT2D eigenvalue weighted by Crippen LogP contribution is -1.99. The molecule has 4 nitrogen and oxygen atoms in total. The molecule has 0 saturated heterocycles. The average molecular weight is 298 g/mol. The minimum Gasteiger partial charge on any atom is -0.508 e. The summed E-state index contributed by atoms with van der Waals surface area (Å²) in [4.78, 5) is 11.5. The molecule has 0 aromatic heterocycles. The molecular weight excluding hydrogens is 280 g/mol. The lowest BCUT2D eigenvalue weighted by molar-refractivity contribution is -0.130. The van der Waals surface area contributed by atoms with E-state index >= 15 is 0 Å². The van der Waals surface area contributed by atoms with Gasteiger partial charge in [0, 0.05) is 5.56 Å². The number of hydrogen-bond acceptors (Lipinski definition) is 3. The van der Waals surface area contributed by atoms with Crippen LogP contribution < -0.4 is 0 Å². The topological polar surface area (TPSA) is 77.8 Å². The van der Waals surface area contributed by atoms with Gasteiger partial charge in [0.05, 0.1) is 5.57 Å². The number of phenolic OH excluding ortho intramolecular Hbond substituents is 2. The molecule has 2 rings (SSSR count). The fourth-order valence-corrected chi connectivity index (χ4v) is 2.31. The minimum absolute atomic E-state index is 0.0223. The van der Waals surface area contributed by atoms with Crippen LogP contribution >= 0.6 is 0 Å². The summed E-state index contributed by atoms with van der Waals surface area (Å²) in [7, 11) is 0. The lowest BCUT2D eigenvalue weighted by atomic mass is 10.00. The van der Waals surface area contributed by atoms with Crippen molar-refractivity contribution < 1.29 is 20.1 Å². The Bertz CT molecular complexity index is 679. The van der Waals surface area contributed by atoms with Crippen LogP contribution in [-0.4, -0.2) is 21.3 Å². The predicted octanol–water partition coefficient (Wildman–Crippen LogP) is 3.68. The Labute approximate surface area is 129 Å². The largest absolute Gasteiger partial charge is 0.508 e. The summed E-state index contributed by atoms with van der Waals surface area (Å²) in [5.41, 5.74) is 1.58. The summed E-state index contributed by atoms with van der Waals surface area (Å²) in [5, 5.41) is 29.3. The SMILES string of the molecule is CCCc1c(O)cc(C=C(C(=O)O)c2ccccc2)cc1O. The van der Waals surface area contributed by atoms with Crippen molar-refractivity contribution in [1.82, 2.24) is 0 Å². The first kappa shape index (κ1) is 15.6. The van der Waals surface area contributed by atoms with Gasteiger partial charge in [-0.3, -0.25) is 0 Å². The number of rotatable bonds is 5. The van der Waals surface area contributed by atoms with Gasteiger partial charge in [-0.15, -0.1) is 0 Å². The molecule has 2 aromatic carbocycles. The van der Waals surface area contributed by atoms with Crippen molar-refractivity contribution in [2.24, 2.45) is 0 Å². The van der Waals surface area contributed by atoms with Gasteiger partial charge in [0.1, 0.15) is 11.5 Å². The molecule has 0 aliphatic heterocycles.